The molecule has 2 N–H and O–H groups in total. The molecule has 0 aliphatic rings. The molecule has 7 nitrogen and oxygen atoms in total. The second-order valence-electron chi connectivity index (χ2n) is 8.09. The maximum absolute atomic E-state index is 12.9. The van der Waals surface area contributed by atoms with Crippen molar-refractivity contribution in [3.05, 3.63) is 98.0 Å². The van der Waals surface area contributed by atoms with Crippen LogP contribution in [0.4, 0.5) is 0 Å². The standard InChI is InChI=1S/C26H21Cl2N3O4/c1-14-8-10-18(25(33)31(14)2)16-11-9-15(23-17(16)5-4-12-29-23)13-21(26(34)35)30-24(32)22-19(27)6-3-7-20(22)28/h3-12,21H,13H2,1-2H3,(H,30,32)(H,34,35). The fourth-order valence-electron chi connectivity index (χ4n) is 3.93. The van der Waals surface area contributed by atoms with Gasteiger partial charge >= 0.3 is 5.97 Å². The minimum Gasteiger partial charge on any atom is -0.480 e. The van der Waals surface area contributed by atoms with E-state index in [1.54, 1.807) is 48.1 Å². The monoisotopic (exact) mass is 509 g/mol. The number of amides is 1. The van der Waals surface area contributed by atoms with Gasteiger partial charge in [-0.25, -0.2) is 4.79 Å². The molecule has 0 radical (unpaired) electrons. The minimum absolute atomic E-state index is 0.00984. The third kappa shape index (κ3) is 4.78. The van der Waals surface area contributed by atoms with Crippen LogP contribution in [0.25, 0.3) is 22.0 Å². The lowest BCUT2D eigenvalue weighted by atomic mass is 9.95. The summed E-state index contributed by atoms with van der Waals surface area (Å²) in [5, 5.41) is 13.3. The van der Waals surface area contributed by atoms with Crippen molar-refractivity contribution in [2.75, 3.05) is 0 Å². The first-order valence-electron chi connectivity index (χ1n) is 10.7. The van der Waals surface area contributed by atoms with Gasteiger partial charge in [-0.3, -0.25) is 14.6 Å². The third-order valence-corrected chi connectivity index (χ3v) is 6.55. The Balaban J connectivity index is 1.73. The van der Waals surface area contributed by atoms with Crippen molar-refractivity contribution in [1.29, 1.82) is 0 Å². The minimum atomic E-state index is -1.27. The Kier molecular flexibility index (Phi) is 6.91. The van der Waals surface area contributed by atoms with Crippen molar-refractivity contribution in [1.82, 2.24) is 14.9 Å². The number of rotatable bonds is 6. The molecule has 1 amide bonds. The van der Waals surface area contributed by atoms with Gasteiger partial charge in [0.2, 0.25) is 0 Å². The summed E-state index contributed by atoms with van der Waals surface area (Å²) in [4.78, 5) is 42.2. The van der Waals surface area contributed by atoms with Gasteiger partial charge in [-0.2, -0.15) is 0 Å². The topological polar surface area (TPSA) is 101 Å². The van der Waals surface area contributed by atoms with Crippen LogP contribution in [0.1, 0.15) is 21.6 Å². The van der Waals surface area contributed by atoms with E-state index in [-0.39, 0.29) is 27.6 Å². The second-order valence-corrected chi connectivity index (χ2v) is 8.90. The Morgan fingerprint density at radius 1 is 1.03 bits per heavy atom. The smallest absolute Gasteiger partial charge is 0.326 e. The summed E-state index contributed by atoms with van der Waals surface area (Å²) in [5.41, 5.74) is 3.05. The van der Waals surface area contributed by atoms with Gasteiger partial charge in [0.05, 0.1) is 21.1 Å². The molecule has 0 saturated carbocycles. The lowest BCUT2D eigenvalue weighted by Gasteiger charge is -2.17. The van der Waals surface area contributed by atoms with Crippen molar-refractivity contribution >= 4 is 46.0 Å². The largest absolute Gasteiger partial charge is 0.480 e. The van der Waals surface area contributed by atoms with Gasteiger partial charge in [0.1, 0.15) is 6.04 Å². The summed E-state index contributed by atoms with van der Waals surface area (Å²) in [7, 11) is 1.71. The fraction of sp³-hybridized carbons (Fsp3) is 0.154. The molecule has 2 heterocycles. The molecule has 0 saturated heterocycles. The van der Waals surface area contributed by atoms with Crippen LogP contribution in [0.2, 0.25) is 10.0 Å². The van der Waals surface area contributed by atoms with Gasteiger partial charge in [0, 0.05) is 36.3 Å². The van der Waals surface area contributed by atoms with E-state index in [0.717, 1.165) is 5.69 Å². The summed E-state index contributed by atoms with van der Waals surface area (Å²) in [5.74, 6) is -1.91. The van der Waals surface area contributed by atoms with Crippen LogP contribution >= 0.6 is 23.2 Å². The number of carboxylic acids is 1. The third-order valence-electron chi connectivity index (χ3n) is 5.92. The number of nitrogens with zero attached hydrogens (tertiary/aromatic N) is 2. The van der Waals surface area contributed by atoms with Crippen LogP contribution in [0.5, 0.6) is 0 Å². The summed E-state index contributed by atoms with van der Waals surface area (Å²) in [6.07, 6.45) is 1.56. The Morgan fingerprint density at radius 3 is 2.40 bits per heavy atom. The number of halogens is 2. The summed E-state index contributed by atoms with van der Waals surface area (Å²) in [6, 6.07) is 14.1. The molecule has 35 heavy (non-hydrogen) atoms. The number of hydrogen-bond acceptors (Lipinski definition) is 4. The van der Waals surface area contributed by atoms with Crippen molar-refractivity contribution in [3.63, 3.8) is 0 Å². The highest BCUT2D eigenvalue weighted by molar-refractivity contribution is 6.39. The fourth-order valence-corrected chi connectivity index (χ4v) is 4.50. The van der Waals surface area contributed by atoms with Gasteiger partial charge in [0.25, 0.3) is 11.5 Å². The summed E-state index contributed by atoms with van der Waals surface area (Å²) >= 11 is 12.2. The molecule has 1 atom stereocenters. The van der Waals surface area contributed by atoms with Crippen LogP contribution < -0.4 is 10.9 Å². The molecular formula is C26H21Cl2N3O4. The van der Waals surface area contributed by atoms with Crippen molar-refractivity contribution in [2.45, 2.75) is 19.4 Å². The van der Waals surface area contributed by atoms with E-state index in [1.807, 2.05) is 19.1 Å². The van der Waals surface area contributed by atoms with Crippen molar-refractivity contribution < 1.29 is 14.7 Å². The normalized spacial score (nSPS) is 11.9. The molecule has 0 fully saturated rings. The van der Waals surface area contributed by atoms with Gasteiger partial charge in [0.15, 0.2) is 0 Å². The molecule has 4 rings (SSSR count). The Hall–Kier alpha value is -3.68. The van der Waals surface area contributed by atoms with E-state index >= 15 is 0 Å². The quantitative estimate of drug-likeness (QED) is 0.394. The molecule has 178 valence electrons. The van der Waals surface area contributed by atoms with Crippen LogP contribution in [0, 0.1) is 6.92 Å². The first-order valence-corrected chi connectivity index (χ1v) is 11.5. The van der Waals surface area contributed by atoms with E-state index in [0.29, 0.717) is 27.6 Å². The molecule has 2 aromatic heterocycles. The zero-order chi connectivity index (χ0) is 25.3. The predicted molar refractivity (Wildman–Crippen MR) is 136 cm³/mol. The molecule has 2 aromatic carbocycles. The van der Waals surface area contributed by atoms with Crippen LogP contribution in [-0.4, -0.2) is 32.6 Å². The van der Waals surface area contributed by atoms with Crippen molar-refractivity contribution in [3.8, 4) is 11.1 Å². The lowest BCUT2D eigenvalue weighted by molar-refractivity contribution is -0.139. The van der Waals surface area contributed by atoms with E-state index < -0.39 is 17.9 Å². The number of aromatic nitrogens is 2. The van der Waals surface area contributed by atoms with E-state index in [9.17, 15) is 19.5 Å². The molecule has 0 spiro atoms. The van der Waals surface area contributed by atoms with Gasteiger partial charge in [-0.05, 0) is 48.4 Å². The average Bonchev–Trinajstić information content (AvgIpc) is 2.82. The number of fused-ring (bicyclic) bond motifs is 1. The summed E-state index contributed by atoms with van der Waals surface area (Å²) < 4.78 is 1.57. The number of aryl methyl sites for hydroxylation is 1. The van der Waals surface area contributed by atoms with E-state index in [1.165, 1.54) is 12.1 Å². The molecule has 4 aromatic rings. The number of nitrogens with one attached hydrogen (secondary N) is 1. The summed E-state index contributed by atoms with van der Waals surface area (Å²) in [6.45, 7) is 1.85. The highest BCUT2D eigenvalue weighted by Crippen LogP contribution is 2.29. The Morgan fingerprint density at radius 2 is 1.71 bits per heavy atom. The van der Waals surface area contributed by atoms with E-state index in [2.05, 4.69) is 10.3 Å². The maximum Gasteiger partial charge on any atom is 0.326 e. The number of carbonyl (C=O) groups is 2. The number of aliphatic carboxylic acids is 1. The Bertz CT molecular complexity index is 1510. The maximum atomic E-state index is 12.9. The van der Waals surface area contributed by atoms with E-state index in [4.69, 9.17) is 23.2 Å². The van der Waals surface area contributed by atoms with Gasteiger partial charge < -0.3 is 15.0 Å². The molecular weight excluding hydrogens is 489 g/mol. The second kappa shape index (κ2) is 9.90. The zero-order valence-corrected chi connectivity index (χ0v) is 20.4. The number of benzene rings is 2. The SMILES string of the molecule is Cc1ccc(-c2ccc(CC(NC(=O)c3c(Cl)cccc3Cl)C(=O)O)c3ncccc23)c(=O)n1C. The number of hydrogen-bond donors (Lipinski definition) is 2. The number of pyridine rings is 2. The molecule has 0 aliphatic carbocycles. The molecule has 1 unspecified atom stereocenters. The average molecular weight is 510 g/mol. The van der Waals surface area contributed by atoms with Gasteiger partial charge in [-0.1, -0.05) is 47.5 Å². The Labute approximate surface area is 211 Å². The van der Waals surface area contributed by atoms with Gasteiger partial charge in [-0.15, -0.1) is 0 Å². The molecule has 0 aliphatic heterocycles. The predicted octanol–water partition coefficient (Wildman–Crippen LogP) is 4.64. The molecule has 0 bridgehead atoms. The van der Waals surface area contributed by atoms with Crippen LogP contribution in [0.3, 0.4) is 0 Å². The number of carbonyl (C=O) groups excluding carboxylic acids is 1. The van der Waals surface area contributed by atoms with Crippen LogP contribution in [0.15, 0.2) is 65.6 Å². The highest BCUT2D eigenvalue weighted by atomic mass is 35.5. The lowest BCUT2D eigenvalue weighted by Crippen LogP contribution is -2.42. The first kappa shape index (κ1) is 24.4. The molecule has 9 heteroatoms. The highest BCUT2D eigenvalue weighted by Gasteiger charge is 2.25. The van der Waals surface area contributed by atoms with Crippen molar-refractivity contribution in [2.24, 2.45) is 7.05 Å². The number of carboxylic acid groups (broad SMARTS) is 1. The first-order chi connectivity index (χ1) is 16.7. The van der Waals surface area contributed by atoms with Crippen LogP contribution in [-0.2, 0) is 18.3 Å². The zero-order valence-electron chi connectivity index (χ0n) is 18.9.